The molecule has 0 aliphatic rings. The molecule has 6 heteroatoms. The third-order valence-corrected chi connectivity index (χ3v) is 12.4. The smallest absolute Gasteiger partial charge is 0.166 e. The van der Waals surface area contributed by atoms with E-state index in [-0.39, 0.29) is 0 Å². The molecular formula is C51H31N5S. The van der Waals surface area contributed by atoms with Gasteiger partial charge in [0, 0.05) is 53.7 Å². The Labute approximate surface area is 331 Å². The molecule has 12 rings (SSSR count). The third-order valence-electron chi connectivity index (χ3n) is 11.2. The van der Waals surface area contributed by atoms with Gasteiger partial charge in [-0.2, -0.15) is 0 Å². The lowest BCUT2D eigenvalue weighted by Crippen LogP contribution is -2.06. The summed E-state index contributed by atoms with van der Waals surface area (Å²) in [5.74, 6) is 1.86. The Morgan fingerprint density at radius 2 is 0.772 bits per heavy atom. The first-order chi connectivity index (χ1) is 28.3. The second-order valence-corrected chi connectivity index (χ2v) is 15.4. The summed E-state index contributed by atoms with van der Waals surface area (Å²) in [6.07, 6.45) is 0. The van der Waals surface area contributed by atoms with Crippen molar-refractivity contribution in [2.75, 3.05) is 0 Å². The summed E-state index contributed by atoms with van der Waals surface area (Å²) in [4.78, 5) is 15.9. The van der Waals surface area contributed by atoms with Gasteiger partial charge in [-0.25, -0.2) is 15.0 Å². The molecular weight excluding hydrogens is 715 g/mol. The molecule has 4 aromatic heterocycles. The van der Waals surface area contributed by atoms with Crippen LogP contribution in [-0.4, -0.2) is 24.1 Å². The maximum atomic E-state index is 5.41. The van der Waals surface area contributed by atoms with Gasteiger partial charge in [-0.1, -0.05) is 152 Å². The molecule has 5 nitrogen and oxygen atoms in total. The van der Waals surface area contributed by atoms with Gasteiger partial charge in [-0.15, -0.1) is 11.3 Å². The molecule has 0 unspecified atom stereocenters. The quantitative estimate of drug-likeness (QED) is 0.176. The Hall–Kier alpha value is -7.41. The Morgan fingerprint density at radius 3 is 1.28 bits per heavy atom. The number of rotatable bonds is 5. The lowest BCUT2D eigenvalue weighted by atomic mass is 10.0. The number of aromatic nitrogens is 5. The Balaban J connectivity index is 1.32. The van der Waals surface area contributed by atoms with E-state index in [0.717, 1.165) is 50.1 Å². The van der Waals surface area contributed by atoms with Crippen molar-refractivity contribution in [2.45, 2.75) is 0 Å². The number of benzene rings is 8. The largest absolute Gasteiger partial charge is 0.308 e. The van der Waals surface area contributed by atoms with E-state index in [4.69, 9.17) is 15.0 Å². The number of thiophene rings is 1. The average Bonchev–Trinajstić information content (AvgIpc) is 3.95. The lowest BCUT2D eigenvalue weighted by Gasteiger charge is -2.19. The Bertz CT molecular complexity index is 3360. The molecule has 0 saturated heterocycles. The van der Waals surface area contributed by atoms with E-state index >= 15 is 0 Å². The highest BCUT2D eigenvalue weighted by Crippen LogP contribution is 2.49. The second kappa shape index (κ2) is 12.6. The van der Waals surface area contributed by atoms with Gasteiger partial charge in [0.1, 0.15) is 0 Å². The molecule has 266 valence electrons. The zero-order valence-corrected chi connectivity index (χ0v) is 31.4. The van der Waals surface area contributed by atoms with Crippen LogP contribution in [0.4, 0.5) is 0 Å². The summed E-state index contributed by atoms with van der Waals surface area (Å²) in [6, 6.07) is 66.6. The summed E-state index contributed by atoms with van der Waals surface area (Å²) in [6.45, 7) is 0. The molecule has 0 radical (unpaired) electrons. The third kappa shape index (κ3) is 4.84. The number of nitrogens with zero attached hydrogens (tertiary/aromatic N) is 5. The second-order valence-electron chi connectivity index (χ2n) is 14.4. The standard InChI is InChI=1S/C51H31N5S/c1-3-17-32(18-4-1)49-52-50(33-19-5-2-6-20-33)54-51(53-49)39-31-44(55-40-26-12-7-21-34(40)35-22-8-13-27-41(35)55)48-46(38-25-11-16-30-45(38)57-48)47(39)56-42-28-14-9-23-36(42)37-24-10-15-29-43(37)56/h1-31H. The summed E-state index contributed by atoms with van der Waals surface area (Å²) >= 11 is 1.84. The zero-order valence-electron chi connectivity index (χ0n) is 30.5. The van der Waals surface area contributed by atoms with E-state index in [0.29, 0.717) is 17.5 Å². The molecule has 0 N–H and O–H groups in total. The fourth-order valence-corrected chi connectivity index (χ4v) is 9.92. The highest BCUT2D eigenvalue weighted by atomic mass is 32.1. The van der Waals surface area contributed by atoms with Gasteiger partial charge < -0.3 is 9.13 Å². The van der Waals surface area contributed by atoms with Crippen LogP contribution < -0.4 is 0 Å². The van der Waals surface area contributed by atoms with E-state index in [1.165, 1.54) is 41.7 Å². The van der Waals surface area contributed by atoms with Gasteiger partial charge in [-0.05, 0) is 36.4 Å². The van der Waals surface area contributed by atoms with E-state index in [2.05, 4.69) is 161 Å². The van der Waals surface area contributed by atoms with Gasteiger partial charge >= 0.3 is 0 Å². The van der Waals surface area contributed by atoms with E-state index in [1.54, 1.807) is 0 Å². The lowest BCUT2D eigenvalue weighted by molar-refractivity contribution is 1.06. The predicted molar refractivity (Wildman–Crippen MR) is 238 cm³/mol. The van der Waals surface area contributed by atoms with Crippen molar-refractivity contribution in [3.63, 3.8) is 0 Å². The van der Waals surface area contributed by atoms with Crippen LogP contribution in [0.5, 0.6) is 0 Å². The monoisotopic (exact) mass is 745 g/mol. The Kier molecular flexibility index (Phi) is 7.03. The summed E-state index contributed by atoms with van der Waals surface area (Å²) in [7, 11) is 0. The van der Waals surface area contributed by atoms with Crippen LogP contribution in [0.1, 0.15) is 0 Å². The number of para-hydroxylation sites is 4. The fourth-order valence-electron chi connectivity index (χ4n) is 8.71. The number of hydrogen-bond donors (Lipinski definition) is 0. The topological polar surface area (TPSA) is 48.5 Å². The van der Waals surface area contributed by atoms with Gasteiger partial charge in [0.05, 0.1) is 38.1 Å². The summed E-state index contributed by atoms with van der Waals surface area (Å²) < 4.78 is 7.31. The van der Waals surface area contributed by atoms with Crippen LogP contribution in [0.15, 0.2) is 188 Å². The van der Waals surface area contributed by atoms with Crippen LogP contribution in [0, 0.1) is 0 Å². The molecule has 0 saturated carbocycles. The molecule has 0 aliphatic heterocycles. The van der Waals surface area contributed by atoms with Crippen molar-refractivity contribution in [3.05, 3.63) is 188 Å². The minimum Gasteiger partial charge on any atom is -0.308 e. The molecule has 8 aromatic carbocycles. The number of hydrogen-bond acceptors (Lipinski definition) is 4. The molecule has 0 fully saturated rings. The first-order valence-electron chi connectivity index (χ1n) is 19.1. The number of fused-ring (bicyclic) bond motifs is 9. The predicted octanol–water partition coefficient (Wildman–Crippen LogP) is 13.4. The summed E-state index contributed by atoms with van der Waals surface area (Å²) in [5.41, 5.74) is 9.48. The van der Waals surface area contributed by atoms with Crippen molar-refractivity contribution >= 4 is 75.1 Å². The molecule has 0 bridgehead atoms. The highest BCUT2D eigenvalue weighted by molar-refractivity contribution is 7.26. The maximum Gasteiger partial charge on any atom is 0.166 e. The zero-order chi connectivity index (χ0) is 37.5. The molecule has 0 spiro atoms. The van der Waals surface area contributed by atoms with Crippen LogP contribution in [0.3, 0.4) is 0 Å². The minimum absolute atomic E-state index is 0.610. The van der Waals surface area contributed by atoms with Crippen LogP contribution in [0.2, 0.25) is 0 Å². The molecule has 0 atom stereocenters. The minimum atomic E-state index is 0.610. The van der Waals surface area contributed by atoms with Crippen molar-refractivity contribution in [1.82, 2.24) is 24.1 Å². The first kappa shape index (κ1) is 31.9. The molecule has 0 amide bonds. The molecule has 0 aliphatic carbocycles. The van der Waals surface area contributed by atoms with Crippen molar-refractivity contribution < 1.29 is 0 Å². The first-order valence-corrected chi connectivity index (χ1v) is 19.9. The molecule has 57 heavy (non-hydrogen) atoms. The van der Waals surface area contributed by atoms with Crippen molar-refractivity contribution in [3.8, 4) is 45.5 Å². The van der Waals surface area contributed by atoms with E-state index < -0.39 is 0 Å². The van der Waals surface area contributed by atoms with Crippen molar-refractivity contribution in [2.24, 2.45) is 0 Å². The van der Waals surface area contributed by atoms with E-state index in [9.17, 15) is 0 Å². The molecule has 12 aromatic rings. The Morgan fingerprint density at radius 1 is 0.368 bits per heavy atom. The maximum absolute atomic E-state index is 5.41. The van der Waals surface area contributed by atoms with Crippen LogP contribution >= 0.6 is 11.3 Å². The van der Waals surface area contributed by atoms with Gasteiger partial charge in [0.2, 0.25) is 0 Å². The van der Waals surface area contributed by atoms with Gasteiger partial charge in [0.15, 0.2) is 17.5 Å². The highest BCUT2D eigenvalue weighted by Gasteiger charge is 2.27. The average molecular weight is 746 g/mol. The van der Waals surface area contributed by atoms with Gasteiger partial charge in [-0.3, -0.25) is 0 Å². The van der Waals surface area contributed by atoms with Crippen LogP contribution in [0.25, 0.3) is 109 Å². The van der Waals surface area contributed by atoms with Gasteiger partial charge in [0.25, 0.3) is 0 Å². The summed E-state index contributed by atoms with van der Waals surface area (Å²) in [5, 5.41) is 7.19. The van der Waals surface area contributed by atoms with Crippen LogP contribution in [-0.2, 0) is 0 Å². The SMILES string of the molecule is c1ccc(-c2nc(-c3ccccc3)nc(-c3cc(-n4c5ccccc5c5ccccc54)c4sc5ccccc5c4c3-n3c4ccccc4c4ccccc43)n2)cc1. The molecule has 4 heterocycles. The van der Waals surface area contributed by atoms with E-state index in [1.807, 2.05) is 47.7 Å². The normalized spacial score (nSPS) is 11.9. The van der Waals surface area contributed by atoms with Crippen molar-refractivity contribution in [1.29, 1.82) is 0 Å². The fraction of sp³-hybridized carbons (Fsp3) is 0.